The van der Waals surface area contributed by atoms with Crippen LogP contribution in [0.15, 0.2) is 16.6 Å². The minimum Gasteiger partial charge on any atom is -0.388 e. The summed E-state index contributed by atoms with van der Waals surface area (Å²) in [6.45, 7) is 1.96. The van der Waals surface area contributed by atoms with Gasteiger partial charge in [0.2, 0.25) is 0 Å². The summed E-state index contributed by atoms with van der Waals surface area (Å²) in [6, 6.07) is 2.47. The fourth-order valence-electron chi connectivity index (χ4n) is 1.82. The molecular weight excluding hydrogens is 266 g/mol. The molecule has 1 nitrogen and oxygen atoms in total. The Hall–Kier alpha value is -0.480. The van der Waals surface area contributed by atoms with Crippen LogP contribution in [0, 0.1) is 23.5 Å². The Kier molecular flexibility index (Phi) is 2.81. The Morgan fingerprint density at radius 1 is 1.47 bits per heavy atom. The molecule has 3 unspecified atom stereocenters. The summed E-state index contributed by atoms with van der Waals surface area (Å²) in [5.41, 5.74) is -0.210. The molecule has 0 amide bonds. The summed E-state index contributed by atoms with van der Waals surface area (Å²) in [4.78, 5) is 0. The zero-order valence-corrected chi connectivity index (χ0v) is 9.76. The molecule has 0 heterocycles. The first kappa shape index (κ1) is 11.0. The lowest BCUT2D eigenvalue weighted by Crippen LogP contribution is -2.07. The second-order valence-corrected chi connectivity index (χ2v) is 4.93. The maximum absolute atomic E-state index is 13.6. The molecule has 0 aliphatic heterocycles. The van der Waals surface area contributed by atoms with E-state index in [1.54, 1.807) is 0 Å². The van der Waals surface area contributed by atoms with Gasteiger partial charge in [-0.15, -0.1) is 0 Å². The Morgan fingerprint density at radius 3 is 2.60 bits per heavy atom. The largest absolute Gasteiger partial charge is 0.388 e. The molecule has 4 heteroatoms. The number of aliphatic hydroxyl groups excluding tert-OH is 1. The van der Waals surface area contributed by atoms with Crippen LogP contribution in [0.25, 0.3) is 0 Å². The predicted octanol–water partition coefficient (Wildman–Crippen LogP) is 3.42. The van der Waals surface area contributed by atoms with Crippen LogP contribution >= 0.6 is 15.9 Å². The number of rotatable bonds is 2. The van der Waals surface area contributed by atoms with E-state index in [-0.39, 0.29) is 16.0 Å². The second-order valence-electron chi connectivity index (χ2n) is 4.08. The Balaban J connectivity index is 2.38. The van der Waals surface area contributed by atoms with E-state index in [9.17, 15) is 13.9 Å². The van der Waals surface area contributed by atoms with Crippen molar-refractivity contribution in [2.24, 2.45) is 11.8 Å². The summed E-state index contributed by atoms with van der Waals surface area (Å²) in [6.07, 6.45) is -0.204. The van der Waals surface area contributed by atoms with Gasteiger partial charge in [-0.05, 0) is 46.3 Å². The minimum absolute atomic E-state index is 0.0108. The Bertz CT molecular complexity index is 394. The van der Waals surface area contributed by atoms with Crippen LogP contribution in [0.4, 0.5) is 8.78 Å². The summed E-state index contributed by atoms with van der Waals surface area (Å²) >= 11 is 2.98. The fraction of sp³-hybridized carbons (Fsp3) is 0.455. The van der Waals surface area contributed by atoms with Gasteiger partial charge in [0.1, 0.15) is 11.6 Å². The van der Waals surface area contributed by atoms with Gasteiger partial charge in [0.15, 0.2) is 0 Å². The smallest absolute Gasteiger partial charge is 0.146 e. The van der Waals surface area contributed by atoms with Gasteiger partial charge >= 0.3 is 0 Å². The fourth-order valence-corrected chi connectivity index (χ4v) is 2.16. The van der Waals surface area contributed by atoms with Crippen LogP contribution in [0.3, 0.4) is 0 Å². The van der Waals surface area contributed by atoms with Gasteiger partial charge < -0.3 is 5.11 Å². The second kappa shape index (κ2) is 3.83. The number of aliphatic hydroxyl groups is 1. The summed E-state index contributed by atoms with van der Waals surface area (Å²) in [5, 5.41) is 9.82. The average Bonchev–Trinajstić information content (AvgIpc) is 2.90. The summed E-state index contributed by atoms with van der Waals surface area (Å²) < 4.78 is 27.1. The van der Waals surface area contributed by atoms with Crippen molar-refractivity contribution in [3.63, 3.8) is 0 Å². The van der Waals surface area contributed by atoms with Crippen molar-refractivity contribution in [2.75, 3.05) is 0 Å². The van der Waals surface area contributed by atoms with Gasteiger partial charge in [-0.3, -0.25) is 0 Å². The standard InChI is InChI=1S/C11H11BrF2O/c1-5-4-6(5)11(15)9-8(13)3-2-7(12)10(9)14/h2-3,5-6,11,15H,4H2,1H3. The lowest BCUT2D eigenvalue weighted by atomic mass is 10.0. The van der Waals surface area contributed by atoms with Crippen LogP contribution in [-0.4, -0.2) is 5.11 Å². The van der Waals surface area contributed by atoms with E-state index in [1.165, 1.54) is 12.1 Å². The molecule has 0 radical (unpaired) electrons. The quantitative estimate of drug-likeness (QED) is 0.821. The van der Waals surface area contributed by atoms with Crippen LogP contribution in [0.5, 0.6) is 0 Å². The van der Waals surface area contributed by atoms with E-state index in [1.807, 2.05) is 6.92 Å². The molecule has 1 aromatic rings. The first-order valence-corrected chi connectivity index (χ1v) is 5.63. The van der Waals surface area contributed by atoms with E-state index in [4.69, 9.17) is 0 Å². The zero-order chi connectivity index (χ0) is 11.2. The van der Waals surface area contributed by atoms with E-state index in [0.29, 0.717) is 5.92 Å². The van der Waals surface area contributed by atoms with Crippen molar-refractivity contribution < 1.29 is 13.9 Å². The van der Waals surface area contributed by atoms with E-state index in [0.717, 1.165) is 6.42 Å². The summed E-state index contributed by atoms with van der Waals surface area (Å²) in [5.74, 6) is -1.04. The molecule has 2 rings (SSSR count). The van der Waals surface area contributed by atoms with Gasteiger partial charge in [0, 0.05) is 0 Å². The van der Waals surface area contributed by atoms with Crippen molar-refractivity contribution in [2.45, 2.75) is 19.4 Å². The van der Waals surface area contributed by atoms with Crippen LogP contribution in [0.2, 0.25) is 0 Å². The predicted molar refractivity (Wildman–Crippen MR) is 56.3 cm³/mol. The van der Waals surface area contributed by atoms with Gasteiger partial charge in [-0.1, -0.05) is 6.92 Å². The highest BCUT2D eigenvalue weighted by Crippen LogP contribution is 2.48. The van der Waals surface area contributed by atoms with Crippen LogP contribution in [0.1, 0.15) is 25.0 Å². The molecule has 1 aliphatic rings. The lowest BCUT2D eigenvalue weighted by molar-refractivity contribution is 0.139. The highest BCUT2D eigenvalue weighted by molar-refractivity contribution is 9.10. The molecule has 0 aromatic heterocycles. The monoisotopic (exact) mass is 276 g/mol. The molecule has 1 aliphatic carbocycles. The third-order valence-corrected chi connectivity index (χ3v) is 3.56. The van der Waals surface area contributed by atoms with Crippen molar-refractivity contribution in [1.29, 1.82) is 0 Å². The first-order valence-electron chi connectivity index (χ1n) is 4.84. The number of hydrogen-bond acceptors (Lipinski definition) is 1. The van der Waals surface area contributed by atoms with E-state index >= 15 is 0 Å². The highest BCUT2D eigenvalue weighted by Gasteiger charge is 2.41. The minimum atomic E-state index is -1.03. The SMILES string of the molecule is CC1CC1C(O)c1c(F)ccc(Br)c1F. The van der Waals surface area contributed by atoms with Gasteiger partial charge in [0.25, 0.3) is 0 Å². The molecule has 82 valence electrons. The maximum Gasteiger partial charge on any atom is 0.146 e. The lowest BCUT2D eigenvalue weighted by Gasteiger charge is -2.13. The van der Waals surface area contributed by atoms with E-state index in [2.05, 4.69) is 15.9 Å². The zero-order valence-electron chi connectivity index (χ0n) is 8.17. The molecule has 1 saturated carbocycles. The van der Waals surface area contributed by atoms with Crippen molar-refractivity contribution in [3.05, 3.63) is 33.8 Å². The van der Waals surface area contributed by atoms with Gasteiger partial charge in [0.05, 0.1) is 16.1 Å². The molecule has 1 fully saturated rings. The van der Waals surface area contributed by atoms with Crippen LogP contribution in [-0.2, 0) is 0 Å². The molecule has 1 aromatic carbocycles. The molecule has 3 atom stereocenters. The van der Waals surface area contributed by atoms with E-state index < -0.39 is 17.7 Å². The maximum atomic E-state index is 13.6. The number of halogens is 3. The number of benzene rings is 1. The molecular formula is C11H11BrF2O. The first-order chi connectivity index (χ1) is 7.02. The topological polar surface area (TPSA) is 20.2 Å². The Morgan fingerprint density at radius 2 is 2.07 bits per heavy atom. The Labute approximate surface area is 95.2 Å². The summed E-state index contributed by atoms with van der Waals surface area (Å²) in [7, 11) is 0. The van der Waals surface area contributed by atoms with Gasteiger partial charge in [-0.2, -0.15) is 0 Å². The molecule has 0 spiro atoms. The molecule has 15 heavy (non-hydrogen) atoms. The highest BCUT2D eigenvalue weighted by atomic mass is 79.9. The van der Waals surface area contributed by atoms with Crippen molar-refractivity contribution >= 4 is 15.9 Å². The van der Waals surface area contributed by atoms with Crippen molar-refractivity contribution in [1.82, 2.24) is 0 Å². The molecule has 0 bridgehead atoms. The number of hydrogen-bond donors (Lipinski definition) is 1. The third-order valence-electron chi connectivity index (χ3n) is 2.95. The normalized spacial score (nSPS) is 26.5. The van der Waals surface area contributed by atoms with Crippen LogP contribution < -0.4 is 0 Å². The molecule has 1 N–H and O–H groups in total. The molecule has 0 saturated heterocycles. The third kappa shape index (κ3) is 1.93. The van der Waals surface area contributed by atoms with Gasteiger partial charge in [-0.25, -0.2) is 8.78 Å². The average molecular weight is 277 g/mol. The van der Waals surface area contributed by atoms with Crippen molar-refractivity contribution in [3.8, 4) is 0 Å².